The molecule has 1 aromatic carbocycles. The van der Waals surface area contributed by atoms with Crippen molar-refractivity contribution in [2.24, 2.45) is 5.92 Å². The number of nitrogens with one attached hydrogen (secondary N) is 1. The van der Waals surface area contributed by atoms with Gasteiger partial charge in [0.25, 0.3) is 0 Å². The predicted molar refractivity (Wildman–Crippen MR) is 102 cm³/mol. The van der Waals surface area contributed by atoms with Crippen molar-refractivity contribution in [3.8, 4) is 22.8 Å². The maximum atomic E-state index is 11.0. The standard InChI is InChI=1S/C21H24N2O4/c1-13-11-22-18-8-4-15(10-19(18)26-13)16-5-9-20(23-12-16)27-17-6-2-14(3-7-17)21(24)25/h4-5,8-10,12-14,17,22H,2-3,6-7,11H2,1H3,(H,24,25). The second kappa shape index (κ2) is 7.47. The van der Waals surface area contributed by atoms with Gasteiger partial charge in [0.05, 0.1) is 18.2 Å². The largest absolute Gasteiger partial charge is 0.487 e. The van der Waals surface area contributed by atoms with Crippen LogP contribution in [0.25, 0.3) is 11.1 Å². The minimum absolute atomic E-state index is 0.0451. The molecule has 27 heavy (non-hydrogen) atoms. The van der Waals surface area contributed by atoms with Gasteiger partial charge in [-0.1, -0.05) is 6.07 Å². The van der Waals surface area contributed by atoms with Crippen LogP contribution in [0, 0.1) is 5.92 Å². The molecule has 1 fully saturated rings. The van der Waals surface area contributed by atoms with E-state index in [0.29, 0.717) is 18.7 Å². The van der Waals surface area contributed by atoms with Crippen LogP contribution in [-0.4, -0.2) is 34.8 Å². The highest BCUT2D eigenvalue weighted by Gasteiger charge is 2.27. The van der Waals surface area contributed by atoms with Gasteiger partial charge in [-0.15, -0.1) is 0 Å². The number of rotatable bonds is 4. The monoisotopic (exact) mass is 368 g/mol. The van der Waals surface area contributed by atoms with Crippen molar-refractivity contribution in [3.63, 3.8) is 0 Å². The van der Waals surface area contributed by atoms with Gasteiger partial charge in [0.2, 0.25) is 5.88 Å². The Bertz CT molecular complexity index is 813. The Hall–Kier alpha value is -2.76. The number of hydrogen-bond donors (Lipinski definition) is 2. The number of carbonyl (C=O) groups is 1. The van der Waals surface area contributed by atoms with Gasteiger partial charge < -0.3 is 19.9 Å². The molecule has 1 aliphatic carbocycles. The molecule has 2 heterocycles. The van der Waals surface area contributed by atoms with Gasteiger partial charge in [-0.2, -0.15) is 0 Å². The predicted octanol–water partition coefficient (Wildman–Crippen LogP) is 3.96. The number of ether oxygens (including phenoxy) is 2. The van der Waals surface area contributed by atoms with E-state index in [1.807, 2.05) is 31.2 Å². The molecule has 2 aliphatic rings. The summed E-state index contributed by atoms with van der Waals surface area (Å²) in [4.78, 5) is 15.5. The Morgan fingerprint density at radius 1 is 1.19 bits per heavy atom. The van der Waals surface area contributed by atoms with E-state index in [9.17, 15) is 4.79 Å². The van der Waals surface area contributed by atoms with E-state index < -0.39 is 5.97 Å². The summed E-state index contributed by atoms with van der Waals surface area (Å²) in [7, 11) is 0. The fourth-order valence-electron chi connectivity index (χ4n) is 3.68. The van der Waals surface area contributed by atoms with E-state index in [2.05, 4.69) is 16.4 Å². The van der Waals surface area contributed by atoms with E-state index in [0.717, 1.165) is 42.0 Å². The number of aliphatic carboxylic acids is 1. The summed E-state index contributed by atoms with van der Waals surface area (Å²) >= 11 is 0. The average molecular weight is 368 g/mol. The van der Waals surface area contributed by atoms with Gasteiger partial charge >= 0.3 is 5.97 Å². The minimum atomic E-state index is -0.699. The molecule has 1 saturated carbocycles. The first-order chi connectivity index (χ1) is 13.1. The van der Waals surface area contributed by atoms with Crippen LogP contribution >= 0.6 is 0 Å². The fraction of sp³-hybridized carbons (Fsp3) is 0.429. The molecule has 0 radical (unpaired) electrons. The second-order valence-electron chi connectivity index (χ2n) is 7.34. The molecule has 1 aromatic heterocycles. The number of carboxylic acids is 1. The summed E-state index contributed by atoms with van der Waals surface area (Å²) in [6.07, 6.45) is 4.85. The lowest BCUT2D eigenvalue weighted by atomic mass is 9.87. The first-order valence-corrected chi connectivity index (χ1v) is 9.49. The minimum Gasteiger partial charge on any atom is -0.487 e. The number of anilines is 1. The number of aromatic nitrogens is 1. The molecule has 0 amide bonds. The number of fused-ring (bicyclic) bond motifs is 1. The van der Waals surface area contributed by atoms with Crippen LogP contribution in [0.4, 0.5) is 5.69 Å². The van der Waals surface area contributed by atoms with Crippen LogP contribution in [0.3, 0.4) is 0 Å². The summed E-state index contributed by atoms with van der Waals surface area (Å²) in [5, 5.41) is 12.4. The second-order valence-corrected chi connectivity index (χ2v) is 7.34. The van der Waals surface area contributed by atoms with E-state index in [1.54, 1.807) is 6.20 Å². The molecule has 0 saturated heterocycles. The van der Waals surface area contributed by atoms with Crippen molar-refractivity contribution >= 4 is 11.7 Å². The maximum Gasteiger partial charge on any atom is 0.306 e. The number of pyridine rings is 1. The molecular weight excluding hydrogens is 344 g/mol. The highest BCUT2D eigenvalue weighted by Crippen LogP contribution is 2.34. The zero-order valence-corrected chi connectivity index (χ0v) is 15.4. The van der Waals surface area contributed by atoms with Crippen molar-refractivity contribution in [1.29, 1.82) is 0 Å². The van der Waals surface area contributed by atoms with Crippen LogP contribution in [0.2, 0.25) is 0 Å². The number of hydrogen-bond acceptors (Lipinski definition) is 5. The highest BCUT2D eigenvalue weighted by molar-refractivity contribution is 5.71. The van der Waals surface area contributed by atoms with Crippen molar-refractivity contribution in [1.82, 2.24) is 4.98 Å². The lowest BCUT2D eigenvalue weighted by molar-refractivity contribution is -0.143. The van der Waals surface area contributed by atoms with Gasteiger partial charge in [-0.25, -0.2) is 4.98 Å². The van der Waals surface area contributed by atoms with Crippen molar-refractivity contribution in [2.45, 2.75) is 44.8 Å². The summed E-state index contributed by atoms with van der Waals surface area (Å²) in [6, 6.07) is 9.98. The molecular formula is C21H24N2O4. The molecule has 2 N–H and O–H groups in total. The van der Waals surface area contributed by atoms with E-state index in [1.165, 1.54) is 0 Å². The van der Waals surface area contributed by atoms with Gasteiger partial charge in [0, 0.05) is 17.8 Å². The molecule has 0 bridgehead atoms. The van der Waals surface area contributed by atoms with Crippen molar-refractivity contribution < 1.29 is 19.4 Å². The lowest BCUT2D eigenvalue weighted by Gasteiger charge is -2.26. The molecule has 6 heteroatoms. The molecule has 142 valence electrons. The molecule has 2 aromatic rings. The molecule has 1 atom stereocenters. The van der Waals surface area contributed by atoms with Crippen molar-refractivity contribution in [2.75, 3.05) is 11.9 Å². The normalized spacial score (nSPS) is 24.3. The Kier molecular flexibility index (Phi) is 4.88. The van der Waals surface area contributed by atoms with Crippen molar-refractivity contribution in [3.05, 3.63) is 36.5 Å². The molecule has 0 spiro atoms. The third kappa shape index (κ3) is 3.99. The molecule has 4 rings (SSSR count). The maximum absolute atomic E-state index is 11.0. The summed E-state index contributed by atoms with van der Waals surface area (Å²) in [5.41, 5.74) is 3.06. The summed E-state index contributed by atoms with van der Waals surface area (Å²) < 4.78 is 11.8. The zero-order chi connectivity index (χ0) is 18.8. The first kappa shape index (κ1) is 17.6. The topological polar surface area (TPSA) is 80.7 Å². The Morgan fingerprint density at radius 2 is 1.96 bits per heavy atom. The van der Waals surface area contributed by atoms with Crippen LogP contribution in [-0.2, 0) is 4.79 Å². The SMILES string of the molecule is CC1CNc2ccc(-c3ccc(OC4CCC(C(=O)O)CC4)nc3)cc2O1. The van der Waals surface area contributed by atoms with Crippen LogP contribution in [0.15, 0.2) is 36.5 Å². The van der Waals surface area contributed by atoms with Gasteiger partial charge in [-0.05, 0) is 56.4 Å². The first-order valence-electron chi connectivity index (χ1n) is 9.49. The Morgan fingerprint density at radius 3 is 2.67 bits per heavy atom. The number of nitrogens with zero attached hydrogens (tertiary/aromatic N) is 1. The lowest BCUT2D eigenvalue weighted by Crippen LogP contribution is -2.28. The van der Waals surface area contributed by atoms with E-state index in [4.69, 9.17) is 14.6 Å². The molecule has 1 unspecified atom stereocenters. The van der Waals surface area contributed by atoms with E-state index in [-0.39, 0.29) is 18.1 Å². The van der Waals surface area contributed by atoms with Crippen LogP contribution < -0.4 is 14.8 Å². The van der Waals surface area contributed by atoms with Gasteiger partial charge in [-0.3, -0.25) is 4.79 Å². The summed E-state index contributed by atoms with van der Waals surface area (Å²) in [6.45, 7) is 2.86. The molecule has 1 aliphatic heterocycles. The quantitative estimate of drug-likeness (QED) is 0.850. The zero-order valence-electron chi connectivity index (χ0n) is 15.4. The third-order valence-corrected chi connectivity index (χ3v) is 5.27. The highest BCUT2D eigenvalue weighted by atomic mass is 16.5. The fourth-order valence-corrected chi connectivity index (χ4v) is 3.68. The number of benzene rings is 1. The van der Waals surface area contributed by atoms with Crippen LogP contribution in [0.1, 0.15) is 32.6 Å². The Balaban J connectivity index is 1.41. The average Bonchev–Trinajstić information content (AvgIpc) is 2.68. The molecule has 6 nitrogen and oxygen atoms in total. The van der Waals surface area contributed by atoms with Crippen LogP contribution in [0.5, 0.6) is 11.6 Å². The third-order valence-electron chi connectivity index (χ3n) is 5.27. The smallest absolute Gasteiger partial charge is 0.306 e. The number of carboxylic acid groups (broad SMARTS) is 1. The van der Waals surface area contributed by atoms with Gasteiger partial charge in [0.15, 0.2) is 0 Å². The summed E-state index contributed by atoms with van der Waals surface area (Å²) in [5.74, 6) is 0.516. The van der Waals surface area contributed by atoms with E-state index >= 15 is 0 Å². The van der Waals surface area contributed by atoms with Gasteiger partial charge in [0.1, 0.15) is 18.0 Å². The Labute approximate surface area is 158 Å².